The molecule has 1 rings (SSSR count). The molecule has 72 valence electrons. The molecule has 2 heteroatoms. The predicted octanol–water partition coefficient (Wildman–Crippen LogP) is 2.74. The molecule has 0 aliphatic carbocycles. The Bertz CT molecular complexity index is 239. The Morgan fingerprint density at radius 1 is 1.38 bits per heavy atom. The lowest BCUT2D eigenvalue weighted by Crippen LogP contribution is -2.09. The number of rotatable bonds is 2. The minimum atomic E-state index is 1.09. The highest BCUT2D eigenvalue weighted by molar-refractivity contribution is 7.10. The molecule has 0 fully saturated rings. The van der Waals surface area contributed by atoms with Gasteiger partial charge in [-0.3, -0.25) is 0 Å². The fourth-order valence-electron chi connectivity index (χ4n) is 0.723. The Labute approximate surface area is 85.2 Å². The van der Waals surface area contributed by atoms with Gasteiger partial charge in [-0.05, 0) is 31.5 Å². The van der Waals surface area contributed by atoms with Crippen LogP contribution in [0, 0.1) is 11.8 Å². The summed E-state index contributed by atoms with van der Waals surface area (Å²) in [5.74, 6) is 5.79. The molecule has 0 saturated carbocycles. The second kappa shape index (κ2) is 9.31. The lowest BCUT2D eigenvalue weighted by atomic mass is 10.5. The molecule has 0 bridgehead atoms. The second-order valence-electron chi connectivity index (χ2n) is 2.31. The summed E-state index contributed by atoms with van der Waals surface area (Å²) in [5.41, 5.74) is 0. The van der Waals surface area contributed by atoms with E-state index in [1.807, 2.05) is 24.4 Å². The largest absolute Gasteiger partial charge is 0.317 e. The van der Waals surface area contributed by atoms with Crippen molar-refractivity contribution in [1.29, 1.82) is 0 Å². The average Bonchev–Trinajstić information content (AvgIpc) is 2.60. The first-order valence-electron chi connectivity index (χ1n) is 4.52. The Morgan fingerprint density at radius 2 is 2.08 bits per heavy atom. The van der Waals surface area contributed by atoms with Crippen LogP contribution in [-0.2, 0) is 0 Å². The van der Waals surface area contributed by atoms with E-state index in [0.29, 0.717) is 0 Å². The van der Waals surface area contributed by atoms with E-state index in [1.54, 1.807) is 11.3 Å². The fraction of sp³-hybridized carbons (Fsp3) is 0.455. The lowest BCUT2D eigenvalue weighted by Gasteiger charge is -1.86. The molecule has 1 nitrogen and oxygen atoms in total. The summed E-state index contributed by atoms with van der Waals surface area (Å²) in [6.07, 6.45) is 0. The van der Waals surface area contributed by atoms with Gasteiger partial charge in [0.05, 0.1) is 4.88 Å². The van der Waals surface area contributed by atoms with E-state index in [2.05, 4.69) is 31.0 Å². The molecule has 0 aliphatic rings. The maximum Gasteiger partial charge on any atom is 0.0768 e. The fourth-order valence-corrected chi connectivity index (χ4v) is 1.34. The van der Waals surface area contributed by atoms with E-state index in [4.69, 9.17) is 0 Å². The van der Waals surface area contributed by atoms with Gasteiger partial charge in [-0.1, -0.05) is 25.8 Å². The normalized spacial score (nSPS) is 7.92. The topological polar surface area (TPSA) is 12.0 Å². The third-order valence-corrected chi connectivity index (χ3v) is 2.05. The van der Waals surface area contributed by atoms with Crippen molar-refractivity contribution in [3.05, 3.63) is 22.4 Å². The van der Waals surface area contributed by atoms with Crippen LogP contribution in [0.25, 0.3) is 0 Å². The Balaban J connectivity index is 0.000000252. The van der Waals surface area contributed by atoms with Gasteiger partial charge in [-0.2, -0.15) is 0 Å². The van der Waals surface area contributed by atoms with Gasteiger partial charge in [0.25, 0.3) is 0 Å². The van der Waals surface area contributed by atoms with Crippen molar-refractivity contribution in [1.82, 2.24) is 5.32 Å². The van der Waals surface area contributed by atoms with Crippen LogP contribution in [0.3, 0.4) is 0 Å². The average molecular weight is 195 g/mol. The van der Waals surface area contributed by atoms with Gasteiger partial charge in [0.1, 0.15) is 0 Å². The van der Waals surface area contributed by atoms with E-state index in [9.17, 15) is 0 Å². The summed E-state index contributed by atoms with van der Waals surface area (Å²) in [4.78, 5) is 1.15. The zero-order valence-corrected chi connectivity index (χ0v) is 9.37. The van der Waals surface area contributed by atoms with Crippen molar-refractivity contribution in [2.24, 2.45) is 0 Å². The zero-order chi connectivity index (χ0) is 9.94. The molecule has 1 aromatic heterocycles. The molecule has 13 heavy (non-hydrogen) atoms. The Hall–Kier alpha value is -0.780. The maximum atomic E-state index is 3.11. The number of thiophene rings is 1. The van der Waals surface area contributed by atoms with Gasteiger partial charge in [0, 0.05) is 0 Å². The van der Waals surface area contributed by atoms with Crippen LogP contribution in [0.2, 0.25) is 0 Å². The van der Waals surface area contributed by atoms with Crippen LogP contribution in [0.4, 0.5) is 0 Å². The smallest absolute Gasteiger partial charge is 0.0768 e. The van der Waals surface area contributed by atoms with E-state index >= 15 is 0 Å². The van der Waals surface area contributed by atoms with E-state index in [1.165, 1.54) is 0 Å². The third-order valence-electron chi connectivity index (χ3n) is 1.27. The van der Waals surface area contributed by atoms with Crippen molar-refractivity contribution >= 4 is 11.3 Å². The first-order chi connectivity index (χ1) is 6.35. The van der Waals surface area contributed by atoms with Gasteiger partial charge in [-0.15, -0.1) is 17.3 Å². The van der Waals surface area contributed by atoms with Crippen molar-refractivity contribution in [2.45, 2.75) is 20.8 Å². The van der Waals surface area contributed by atoms with Crippen molar-refractivity contribution < 1.29 is 0 Å². The molecule has 0 radical (unpaired) electrons. The summed E-state index contributed by atoms with van der Waals surface area (Å²) >= 11 is 1.67. The van der Waals surface area contributed by atoms with Crippen molar-refractivity contribution in [3.8, 4) is 11.8 Å². The molecular formula is C11H17NS. The summed E-state index contributed by atoms with van der Waals surface area (Å²) < 4.78 is 0. The zero-order valence-electron chi connectivity index (χ0n) is 8.55. The summed E-state index contributed by atoms with van der Waals surface area (Å²) in [6, 6.07) is 4.02. The molecule has 0 aliphatic heterocycles. The molecule has 1 heterocycles. The highest BCUT2D eigenvalue weighted by Crippen LogP contribution is 2.04. The molecule has 1 aromatic rings. The van der Waals surface area contributed by atoms with Crippen LogP contribution in [0.1, 0.15) is 25.6 Å². The van der Waals surface area contributed by atoms with Gasteiger partial charge < -0.3 is 5.32 Å². The van der Waals surface area contributed by atoms with Crippen LogP contribution in [-0.4, -0.2) is 13.1 Å². The minimum absolute atomic E-state index is 1.09. The lowest BCUT2D eigenvalue weighted by molar-refractivity contribution is 0.762. The first-order valence-corrected chi connectivity index (χ1v) is 5.40. The number of hydrogen-bond acceptors (Lipinski definition) is 2. The standard InChI is InChI=1S/C7H6S.C4H11N/c1-2-4-7-5-3-6-8-7;1-3-5-4-2/h3,5-6H,1H3;5H,3-4H2,1-2H3. The Morgan fingerprint density at radius 3 is 2.38 bits per heavy atom. The van der Waals surface area contributed by atoms with Crippen LogP contribution in [0.5, 0.6) is 0 Å². The highest BCUT2D eigenvalue weighted by Gasteiger charge is 1.80. The molecule has 0 unspecified atom stereocenters. The summed E-state index contributed by atoms with van der Waals surface area (Å²) in [7, 11) is 0. The van der Waals surface area contributed by atoms with Crippen molar-refractivity contribution in [2.75, 3.05) is 13.1 Å². The summed E-state index contributed by atoms with van der Waals surface area (Å²) in [5, 5.41) is 5.14. The SMILES string of the molecule is CC#Cc1cccs1.CCNCC. The molecule has 0 saturated heterocycles. The van der Waals surface area contributed by atoms with Gasteiger partial charge in [-0.25, -0.2) is 0 Å². The number of nitrogens with one attached hydrogen (secondary N) is 1. The Kier molecular flexibility index (Phi) is 8.75. The van der Waals surface area contributed by atoms with Crippen LogP contribution in [0.15, 0.2) is 17.5 Å². The molecule has 0 atom stereocenters. The van der Waals surface area contributed by atoms with Crippen molar-refractivity contribution in [3.63, 3.8) is 0 Å². The predicted molar refractivity (Wildman–Crippen MR) is 61.1 cm³/mol. The quantitative estimate of drug-likeness (QED) is 0.716. The molecule has 0 amide bonds. The van der Waals surface area contributed by atoms with Crippen LogP contribution < -0.4 is 5.32 Å². The van der Waals surface area contributed by atoms with E-state index < -0.39 is 0 Å². The molecule has 0 spiro atoms. The molecule has 1 N–H and O–H groups in total. The molecule has 0 aromatic carbocycles. The highest BCUT2D eigenvalue weighted by atomic mass is 32.1. The van der Waals surface area contributed by atoms with Crippen LogP contribution >= 0.6 is 11.3 Å². The monoisotopic (exact) mass is 195 g/mol. The van der Waals surface area contributed by atoms with E-state index in [0.717, 1.165) is 18.0 Å². The maximum absolute atomic E-state index is 3.11. The molecular weight excluding hydrogens is 178 g/mol. The van der Waals surface area contributed by atoms with Gasteiger partial charge in [0.15, 0.2) is 0 Å². The summed E-state index contributed by atoms with van der Waals surface area (Å²) in [6.45, 7) is 8.24. The second-order valence-corrected chi connectivity index (χ2v) is 3.26. The van der Waals surface area contributed by atoms with Gasteiger partial charge in [0.2, 0.25) is 0 Å². The third kappa shape index (κ3) is 7.58. The van der Waals surface area contributed by atoms with Gasteiger partial charge >= 0.3 is 0 Å². The van der Waals surface area contributed by atoms with E-state index in [-0.39, 0.29) is 0 Å². The minimum Gasteiger partial charge on any atom is -0.317 e. The first kappa shape index (κ1) is 12.2. The number of hydrogen-bond donors (Lipinski definition) is 1.